The molecule has 2 amide bonds. The van der Waals surface area contributed by atoms with Crippen LogP contribution in [-0.4, -0.2) is 66.8 Å². The summed E-state index contributed by atoms with van der Waals surface area (Å²) in [5.74, 6) is 1.47. The van der Waals surface area contributed by atoms with Crippen molar-refractivity contribution in [2.45, 2.75) is 89.3 Å². The molecule has 2 atom stereocenters. The number of amides is 2. The number of carbonyl (C=O) groups is 1. The fourth-order valence-electron chi connectivity index (χ4n) is 6.18. The van der Waals surface area contributed by atoms with Gasteiger partial charge in [0.15, 0.2) is 0 Å². The molecule has 4 fully saturated rings. The van der Waals surface area contributed by atoms with Crippen LogP contribution in [0.3, 0.4) is 0 Å². The van der Waals surface area contributed by atoms with E-state index in [0.29, 0.717) is 18.0 Å². The highest BCUT2D eigenvalue weighted by Gasteiger charge is 2.41. The average Bonchev–Trinajstić information content (AvgIpc) is 2.73. The maximum atomic E-state index is 12.6. The van der Waals surface area contributed by atoms with Crippen LogP contribution < -0.4 is 5.32 Å². The lowest BCUT2D eigenvalue weighted by atomic mass is 9.80. The lowest BCUT2D eigenvalue weighted by Gasteiger charge is -2.50. The van der Waals surface area contributed by atoms with E-state index in [0.717, 1.165) is 44.6 Å². The second-order valence-corrected chi connectivity index (χ2v) is 9.31. The highest BCUT2D eigenvalue weighted by molar-refractivity contribution is 5.76. The van der Waals surface area contributed by atoms with Crippen molar-refractivity contribution in [1.82, 2.24) is 15.1 Å². The fraction of sp³-hybridized carbons (Fsp3) is 0.955. The Kier molecular flexibility index (Phi) is 6.59. The fourth-order valence-corrected chi connectivity index (χ4v) is 6.18. The van der Waals surface area contributed by atoms with Gasteiger partial charge < -0.3 is 19.9 Å². The molecule has 1 N–H and O–H groups in total. The van der Waals surface area contributed by atoms with Crippen molar-refractivity contribution in [1.29, 1.82) is 0 Å². The first-order valence-corrected chi connectivity index (χ1v) is 11.6. The van der Waals surface area contributed by atoms with Gasteiger partial charge in [0.1, 0.15) is 0 Å². The lowest BCUT2D eigenvalue weighted by Crippen LogP contribution is -2.63. The quantitative estimate of drug-likeness (QED) is 0.796. The SMILES string of the molecule is CCOCC1CCC(N2CCC(N3C(=O)NC[C@H]4CCCC[C@@H]43)CC2)CC1. The van der Waals surface area contributed by atoms with Gasteiger partial charge in [-0.1, -0.05) is 12.8 Å². The predicted octanol–water partition coefficient (Wildman–Crippen LogP) is 3.63. The molecule has 0 aromatic rings. The number of hydrogen-bond donors (Lipinski definition) is 1. The zero-order chi connectivity index (χ0) is 18.6. The van der Waals surface area contributed by atoms with Crippen LogP contribution in [0.25, 0.3) is 0 Å². The van der Waals surface area contributed by atoms with Gasteiger partial charge in [0.2, 0.25) is 0 Å². The van der Waals surface area contributed by atoms with Gasteiger partial charge in [-0.05, 0) is 70.1 Å². The number of ether oxygens (including phenoxy) is 1. The van der Waals surface area contributed by atoms with E-state index in [-0.39, 0.29) is 6.03 Å². The maximum Gasteiger partial charge on any atom is 0.317 e. The zero-order valence-corrected chi connectivity index (χ0v) is 17.2. The third-order valence-electron chi connectivity index (χ3n) is 7.76. The first-order valence-electron chi connectivity index (χ1n) is 11.6. The van der Waals surface area contributed by atoms with Crippen LogP contribution in [0, 0.1) is 11.8 Å². The molecule has 2 aliphatic carbocycles. The summed E-state index contributed by atoms with van der Waals surface area (Å²) in [6.07, 6.45) is 12.8. The number of carbonyl (C=O) groups excluding carboxylic acids is 1. The van der Waals surface area contributed by atoms with Gasteiger partial charge in [-0.3, -0.25) is 0 Å². The minimum atomic E-state index is 0.216. The summed E-state index contributed by atoms with van der Waals surface area (Å²) >= 11 is 0. The smallest absolute Gasteiger partial charge is 0.317 e. The van der Waals surface area contributed by atoms with E-state index in [1.165, 1.54) is 64.5 Å². The van der Waals surface area contributed by atoms with Crippen molar-refractivity contribution in [3.05, 3.63) is 0 Å². The van der Waals surface area contributed by atoms with E-state index >= 15 is 0 Å². The van der Waals surface area contributed by atoms with E-state index in [1.54, 1.807) is 0 Å². The molecule has 5 nitrogen and oxygen atoms in total. The van der Waals surface area contributed by atoms with Gasteiger partial charge in [-0.25, -0.2) is 4.79 Å². The Balaban J connectivity index is 1.27. The molecule has 0 spiro atoms. The number of nitrogens with zero attached hydrogens (tertiary/aromatic N) is 2. The molecule has 5 heteroatoms. The second-order valence-electron chi connectivity index (χ2n) is 9.31. The summed E-state index contributed by atoms with van der Waals surface area (Å²) in [6.45, 7) is 7.15. The number of hydrogen-bond acceptors (Lipinski definition) is 3. The molecule has 2 heterocycles. The van der Waals surface area contributed by atoms with Crippen molar-refractivity contribution in [2.75, 3.05) is 32.8 Å². The summed E-state index contributed by atoms with van der Waals surface area (Å²) in [4.78, 5) is 17.7. The Hall–Kier alpha value is -0.810. The van der Waals surface area contributed by atoms with Crippen LogP contribution in [0.1, 0.15) is 71.1 Å². The van der Waals surface area contributed by atoms with E-state index in [2.05, 4.69) is 22.0 Å². The molecule has 2 saturated carbocycles. The Labute approximate surface area is 165 Å². The molecule has 2 saturated heterocycles. The highest BCUT2D eigenvalue weighted by Crippen LogP contribution is 2.35. The van der Waals surface area contributed by atoms with Gasteiger partial charge in [-0.2, -0.15) is 0 Å². The van der Waals surface area contributed by atoms with E-state index in [1.807, 2.05) is 0 Å². The summed E-state index contributed by atoms with van der Waals surface area (Å²) in [5.41, 5.74) is 0. The Morgan fingerprint density at radius 2 is 1.70 bits per heavy atom. The van der Waals surface area contributed by atoms with Crippen molar-refractivity contribution in [3.63, 3.8) is 0 Å². The molecular weight excluding hydrogens is 338 g/mol. The third-order valence-corrected chi connectivity index (χ3v) is 7.76. The summed E-state index contributed by atoms with van der Waals surface area (Å²) in [6, 6.07) is 1.95. The first kappa shape index (κ1) is 19.5. The number of likely N-dealkylation sites (tertiary alicyclic amines) is 1. The van der Waals surface area contributed by atoms with Crippen LogP contribution in [0.4, 0.5) is 4.79 Å². The molecule has 0 aromatic heterocycles. The van der Waals surface area contributed by atoms with E-state index < -0.39 is 0 Å². The molecule has 27 heavy (non-hydrogen) atoms. The summed E-state index contributed by atoms with van der Waals surface area (Å²) in [7, 11) is 0. The van der Waals surface area contributed by atoms with Crippen LogP contribution in [0.15, 0.2) is 0 Å². The molecule has 154 valence electrons. The lowest BCUT2D eigenvalue weighted by molar-refractivity contribution is 0.0210. The van der Waals surface area contributed by atoms with E-state index in [9.17, 15) is 4.79 Å². The molecular formula is C22H39N3O2. The van der Waals surface area contributed by atoms with Crippen molar-refractivity contribution < 1.29 is 9.53 Å². The van der Waals surface area contributed by atoms with Crippen molar-refractivity contribution in [3.8, 4) is 0 Å². The number of piperidine rings is 1. The Morgan fingerprint density at radius 1 is 0.963 bits per heavy atom. The molecule has 0 unspecified atom stereocenters. The van der Waals surface area contributed by atoms with E-state index in [4.69, 9.17) is 4.74 Å². The Morgan fingerprint density at radius 3 is 2.44 bits per heavy atom. The molecule has 0 radical (unpaired) electrons. The summed E-state index contributed by atoms with van der Waals surface area (Å²) in [5, 5.41) is 3.19. The van der Waals surface area contributed by atoms with Crippen LogP contribution >= 0.6 is 0 Å². The van der Waals surface area contributed by atoms with Gasteiger partial charge in [-0.15, -0.1) is 0 Å². The minimum absolute atomic E-state index is 0.216. The average molecular weight is 378 g/mol. The molecule has 2 aliphatic heterocycles. The van der Waals surface area contributed by atoms with Gasteiger partial charge in [0, 0.05) is 51.0 Å². The highest BCUT2D eigenvalue weighted by atomic mass is 16.5. The number of fused-ring (bicyclic) bond motifs is 1. The number of urea groups is 1. The van der Waals surface area contributed by atoms with Crippen LogP contribution in [0.2, 0.25) is 0 Å². The molecule has 0 bridgehead atoms. The van der Waals surface area contributed by atoms with Gasteiger partial charge >= 0.3 is 6.03 Å². The van der Waals surface area contributed by atoms with Gasteiger partial charge in [0.25, 0.3) is 0 Å². The third kappa shape index (κ3) is 4.45. The number of nitrogens with one attached hydrogen (secondary N) is 1. The van der Waals surface area contributed by atoms with Crippen LogP contribution in [-0.2, 0) is 4.74 Å². The van der Waals surface area contributed by atoms with Crippen molar-refractivity contribution >= 4 is 6.03 Å². The topological polar surface area (TPSA) is 44.8 Å². The van der Waals surface area contributed by atoms with Crippen LogP contribution in [0.5, 0.6) is 0 Å². The molecule has 4 rings (SSSR count). The maximum absolute atomic E-state index is 12.6. The number of rotatable bonds is 5. The largest absolute Gasteiger partial charge is 0.381 e. The van der Waals surface area contributed by atoms with Gasteiger partial charge in [0.05, 0.1) is 0 Å². The molecule has 4 aliphatic rings. The monoisotopic (exact) mass is 377 g/mol. The van der Waals surface area contributed by atoms with Crippen molar-refractivity contribution in [2.24, 2.45) is 11.8 Å². The standard InChI is InChI=1S/C22H39N3O2/c1-2-27-16-17-7-9-19(10-8-17)24-13-11-20(12-14-24)25-21-6-4-3-5-18(21)15-23-22(25)26/h17-21H,2-16H2,1H3,(H,23,26)/t17?,18-,19?,21+/m1/s1. The normalized spacial score (nSPS) is 36.3. The minimum Gasteiger partial charge on any atom is -0.381 e. The predicted molar refractivity (Wildman–Crippen MR) is 108 cm³/mol. The zero-order valence-electron chi connectivity index (χ0n) is 17.2. The Bertz CT molecular complexity index is 484. The first-order chi connectivity index (χ1) is 13.3. The summed E-state index contributed by atoms with van der Waals surface area (Å²) < 4.78 is 5.63. The molecule has 0 aromatic carbocycles. The second kappa shape index (κ2) is 9.13.